The van der Waals surface area contributed by atoms with Gasteiger partial charge in [-0.25, -0.2) is 4.98 Å². The minimum absolute atomic E-state index is 0.00424. The molecule has 1 aromatic heterocycles. The zero-order valence-corrected chi connectivity index (χ0v) is 31.7. The maximum absolute atomic E-state index is 13.2. The van der Waals surface area contributed by atoms with Crippen LogP contribution in [0, 0.1) is 18.3 Å². The van der Waals surface area contributed by atoms with Gasteiger partial charge in [0.1, 0.15) is 12.3 Å². The number of carbonyl (C=O) groups is 4. The molecule has 0 radical (unpaired) electrons. The summed E-state index contributed by atoms with van der Waals surface area (Å²) in [7, 11) is 2.80. The normalized spacial score (nSPS) is 16.2. The molecule has 48 heavy (non-hydrogen) atoms. The van der Waals surface area contributed by atoms with Gasteiger partial charge >= 0.3 is 0 Å². The largest absolute Gasteiger partial charge is 0.400 e. The number of aryl methyl sites for hydroxylation is 1. The number of Topliss-reactive ketones (excluding diaryl/α,β-unsaturated/α-hetero) is 1. The average molecular weight is 688 g/mol. The summed E-state index contributed by atoms with van der Waals surface area (Å²) in [5, 5.41) is 16.5. The van der Waals surface area contributed by atoms with E-state index in [9.17, 15) is 19.2 Å². The number of ketones is 1. The maximum Gasteiger partial charge on any atom is 0.243 e. The predicted molar refractivity (Wildman–Crippen MR) is 196 cm³/mol. The molecule has 1 fully saturated rings. The number of aliphatic hydroxyl groups excluding tert-OH is 1. The van der Waals surface area contributed by atoms with Crippen LogP contribution in [0.4, 0.5) is 0 Å². The Labute approximate surface area is 292 Å². The Hall–Kier alpha value is -2.99. The number of aromatic nitrogens is 1. The van der Waals surface area contributed by atoms with Crippen molar-refractivity contribution in [3.8, 4) is 10.4 Å². The number of aldehydes is 1. The Morgan fingerprint density at radius 2 is 1.75 bits per heavy atom. The van der Waals surface area contributed by atoms with E-state index in [4.69, 9.17) is 5.11 Å². The van der Waals surface area contributed by atoms with Crippen LogP contribution in [0.2, 0.25) is 0 Å². The summed E-state index contributed by atoms with van der Waals surface area (Å²) >= 11 is 1.63. The first-order valence-electron chi connectivity index (χ1n) is 17.2. The Morgan fingerprint density at radius 3 is 2.25 bits per heavy atom. The van der Waals surface area contributed by atoms with Crippen molar-refractivity contribution in [2.24, 2.45) is 11.3 Å². The van der Waals surface area contributed by atoms with E-state index >= 15 is 0 Å². The van der Waals surface area contributed by atoms with Gasteiger partial charge in [0.05, 0.1) is 34.2 Å². The van der Waals surface area contributed by atoms with Crippen molar-refractivity contribution in [1.29, 1.82) is 0 Å². The van der Waals surface area contributed by atoms with E-state index in [0.29, 0.717) is 19.4 Å². The molecule has 1 saturated heterocycles. The predicted octanol–water partition coefficient (Wildman–Crippen LogP) is 5.48. The summed E-state index contributed by atoms with van der Waals surface area (Å²) in [5.74, 6) is 0.305. The van der Waals surface area contributed by atoms with Crippen LogP contribution in [0.15, 0.2) is 29.8 Å². The topological polar surface area (TPSA) is 141 Å². The van der Waals surface area contributed by atoms with Gasteiger partial charge in [-0.05, 0) is 76.1 Å². The Morgan fingerprint density at radius 1 is 1.10 bits per heavy atom. The first-order valence-corrected chi connectivity index (χ1v) is 18.1. The molecule has 2 heterocycles. The fraction of sp³-hybridized carbons (Fsp3) is 0.649. The maximum atomic E-state index is 13.2. The van der Waals surface area contributed by atoms with Crippen LogP contribution >= 0.6 is 11.3 Å². The molecule has 2 aromatic rings. The summed E-state index contributed by atoms with van der Waals surface area (Å²) in [4.78, 5) is 55.2. The van der Waals surface area contributed by atoms with Gasteiger partial charge in [-0.1, -0.05) is 65.8 Å². The van der Waals surface area contributed by atoms with Gasteiger partial charge in [0.2, 0.25) is 11.8 Å². The monoisotopic (exact) mass is 687 g/mol. The lowest BCUT2D eigenvalue weighted by molar-refractivity contribution is -0.142. The first-order chi connectivity index (χ1) is 22.8. The third kappa shape index (κ3) is 13.1. The van der Waals surface area contributed by atoms with Gasteiger partial charge in [-0.3, -0.25) is 14.4 Å². The van der Waals surface area contributed by atoms with Crippen molar-refractivity contribution >= 4 is 35.2 Å². The Balaban J connectivity index is 0.000000573. The van der Waals surface area contributed by atoms with E-state index in [1.165, 1.54) is 4.88 Å². The molecule has 0 unspecified atom stereocenters. The lowest BCUT2D eigenvalue weighted by atomic mass is 9.86. The number of hydrogen-bond donors (Lipinski definition) is 4. The molecule has 1 aliphatic rings. The van der Waals surface area contributed by atoms with Gasteiger partial charge in [0.25, 0.3) is 0 Å². The molecule has 3 rings (SSSR count). The Bertz CT molecular complexity index is 1260. The third-order valence-electron chi connectivity index (χ3n) is 8.48. The number of nitrogens with zero attached hydrogens (tertiary/aromatic N) is 2. The quantitative estimate of drug-likeness (QED) is 0.143. The average Bonchev–Trinajstić information content (AvgIpc) is 3.73. The van der Waals surface area contributed by atoms with Crippen molar-refractivity contribution in [2.75, 3.05) is 27.2 Å². The molecule has 270 valence electrons. The molecule has 11 heteroatoms. The standard InChI is InChI=1S/C24H34N4O2S.C12H23NO2.CH4O/c1-15(17-9-11-18(12-10-17)20-16(2)26-14-31-20)27-22(29)19-8-7-13-28(19)23(30)21(25-6)24(3,4)5;1-4-11(12(15)10(2)3)13-8-6-5-7-9-14;1-2/h9-12,14-15,19,21,25H,7-8,13H2,1-6H3,(H,27,29);9-11,13H,4-8H2,1-3H3;2H,1H3/t15-,19-,21+;11-;/m00./s1. The molecule has 1 aliphatic heterocycles. The van der Waals surface area contributed by atoms with E-state index in [-0.39, 0.29) is 47.1 Å². The smallest absolute Gasteiger partial charge is 0.243 e. The second-order valence-electron chi connectivity index (χ2n) is 13.5. The van der Waals surface area contributed by atoms with Gasteiger partial charge in [-0.2, -0.15) is 0 Å². The molecule has 4 N–H and O–H groups in total. The van der Waals surface area contributed by atoms with Gasteiger partial charge in [-0.15, -0.1) is 11.3 Å². The number of likely N-dealkylation sites (tertiary alicyclic amines) is 1. The van der Waals surface area contributed by atoms with Crippen LogP contribution in [0.1, 0.15) is 104 Å². The van der Waals surface area contributed by atoms with Gasteiger partial charge < -0.3 is 30.8 Å². The molecule has 10 nitrogen and oxygen atoms in total. The lowest BCUT2D eigenvalue weighted by Gasteiger charge is -2.35. The fourth-order valence-corrected chi connectivity index (χ4v) is 6.58. The lowest BCUT2D eigenvalue weighted by Crippen LogP contribution is -2.55. The van der Waals surface area contributed by atoms with E-state index in [2.05, 4.69) is 33.1 Å². The zero-order valence-electron chi connectivity index (χ0n) is 30.9. The van der Waals surface area contributed by atoms with Crippen molar-refractivity contribution in [3.63, 3.8) is 0 Å². The zero-order chi connectivity index (χ0) is 36.4. The van der Waals surface area contributed by atoms with Gasteiger partial charge in [0.15, 0.2) is 5.78 Å². The highest BCUT2D eigenvalue weighted by atomic mass is 32.1. The van der Waals surface area contributed by atoms with Crippen molar-refractivity contribution in [2.45, 2.75) is 118 Å². The molecular formula is C37H61N5O5S. The number of carbonyl (C=O) groups excluding carboxylic acids is 4. The number of unbranched alkanes of at least 4 members (excludes halogenated alkanes) is 2. The highest BCUT2D eigenvalue weighted by Gasteiger charge is 2.40. The number of aliphatic hydroxyl groups is 1. The second-order valence-corrected chi connectivity index (χ2v) is 14.4. The van der Waals surface area contributed by atoms with E-state index in [1.54, 1.807) is 23.3 Å². The third-order valence-corrected chi connectivity index (χ3v) is 9.46. The van der Waals surface area contributed by atoms with E-state index in [1.807, 2.05) is 73.0 Å². The summed E-state index contributed by atoms with van der Waals surface area (Å²) in [6, 6.07) is 7.37. The molecule has 0 aliphatic carbocycles. The highest BCUT2D eigenvalue weighted by molar-refractivity contribution is 7.13. The summed E-state index contributed by atoms with van der Waals surface area (Å²) < 4.78 is 0. The van der Waals surface area contributed by atoms with Crippen LogP contribution < -0.4 is 16.0 Å². The molecule has 2 amide bonds. The fourth-order valence-electron chi connectivity index (χ4n) is 5.77. The summed E-state index contributed by atoms with van der Waals surface area (Å²) in [6.45, 7) is 17.4. The second kappa shape index (κ2) is 21.9. The number of likely N-dealkylation sites (N-methyl/N-ethyl adjacent to an activating group) is 1. The first kappa shape index (κ1) is 43.0. The van der Waals surface area contributed by atoms with Crippen LogP contribution in [0.5, 0.6) is 0 Å². The van der Waals surface area contributed by atoms with Crippen molar-refractivity contribution in [1.82, 2.24) is 25.8 Å². The molecular weight excluding hydrogens is 627 g/mol. The summed E-state index contributed by atoms with van der Waals surface area (Å²) in [6.07, 6.45) is 5.82. The minimum atomic E-state index is -0.410. The number of rotatable bonds is 15. The summed E-state index contributed by atoms with van der Waals surface area (Å²) in [5.41, 5.74) is 4.84. The molecule has 1 aromatic carbocycles. The number of amides is 2. The number of hydrogen-bond acceptors (Lipinski definition) is 9. The SMILES string of the molecule is CC[C@H](NCCCCC=O)C(=O)C(C)C.CN[C@H](C(=O)N1CCC[C@H]1C(=O)N[C@@H](C)c1ccc(-c2scnc2C)cc1)C(C)(C)C.CO. The molecule has 4 atom stereocenters. The van der Waals surface area contributed by atoms with Crippen molar-refractivity contribution in [3.05, 3.63) is 41.0 Å². The van der Waals surface area contributed by atoms with Crippen LogP contribution in [-0.4, -0.2) is 84.2 Å². The van der Waals surface area contributed by atoms with Crippen LogP contribution in [0.25, 0.3) is 10.4 Å². The Kier molecular flexibility index (Phi) is 19.6. The molecule has 0 saturated carbocycles. The van der Waals surface area contributed by atoms with E-state index in [0.717, 1.165) is 62.4 Å². The molecule has 0 spiro atoms. The number of benzene rings is 1. The van der Waals surface area contributed by atoms with Crippen molar-refractivity contribution < 1.29 is 24.3 Å². The molecule has 0 bridgehead atoms. The number of nitrogens with one attached hydrogen (secondary N) is 3. The minimum Gasteiger partial charge on any atom is -0.400 e. The highest BCUT2D eigenvalue weighted by Crippen LogP contribution is 2.29. The number of thiazole rings is 1. The van der Waals surface area contributed by atoms with E-state index < -0.39 is 6.04 Å². The van der Waals surface area contributed by atoms with Gasteiger partial charge in [0, 0.05) is 26.0 Å². The van der Waals surface area contributed by atoms with Crippen LogP contribution in [-0.2, 0) is 19.2 Å². The van der Waals surface area contributed by atoms with Crippen LogP contribution in [0.3, 0.4) is 0 Å².